The number of nitrogens with zero attached hydrogens (tertiary/aromatic N) is 2. The van der Waals surface area contributed by atoms with Crippen molar-refractivity contribution in [3.63, 3.8) is 0 Å². The van der Waals surface area contributed by atoms with E-state index in [0.717, 1.165) is 42.2 Å². The number of rotatable bonds is 5. The lowest BCUT2D eigenvalue weighted by molar-refractivity contribution is 0.102. The number of fused-ring (bicyclic) bond motifs is 2. The standard InChI is InChI=1S/C28H25N3O3S/c1-33-24-13-12-17(14-25(24)34-2)23-15-20(18-8-6-7-10-22(18)30-23)27(32)31-28-21(16-29)19-9-4-3-5-11-26(19)35-28/h6-8,10,12-15H,3-5,9,11H2,1-2H3,(H,31,32). The summed E-state index contributed by atoms with van der Waals surface area (Å²) in [4.78, 5) is 19.6. The number of carbonyl (C=O) groups excluding carboxylic acids is 1. The molecule has 0 atom stereocenters. The van der Waals surface area contributed by atoms with Crippen LogP contribution < -0.4 is 14.8 Å². The van der Waals surface area contributed by atoms with E-state index in [4.69, 9.17) is 14.5 Å². The van der Waals surface area contributed by atoms with E-state index in [1.807, 2.05) is 42.5 Å². The maximum Gasteiger partial charge on any atom is 0.257 e. The number of nitrogens with one attached hydrogen (secondary N) is 1. The number of aryl methyl sites for hydroxylation is 1. The molecule has 0 aliphatic heterocycles. The Labute approximate surface area is 208 Å². The van der Waals surface area contributed by atoms with Crippen molar-refractivity contribution in [2.75, 3.05) is 19.5 Å². The number of benzene rings is 2. The van der Waals surface area contributed by atoms with E-state index >= 15 is 0 Å². The zero-order chi connectivity index (χ0) is 24.4. The average molecular weight is 484 g/mol. The molecular weight excluding hydrogens is 458 g/mol. The van der Waals surface area contributed by atoms with Crippen LogP contribution in [0.15, 0.2) is 48.5 Å². The quantitative estimate of drug-likeness (QED) is 0.333. The Kier molecular flexibility index (Phi) is 6.39. The lowest BCUT2D eigenvalue weighted by Gasteiger charge is -2.12. The smallest absolute Gasteiger partial charge is 0.257 e. The Morgan fingerprint density at radius 2 is 1.83 bits per heavy atom. The third kappa shape index (κ3) is 4.33. The molecule has 0 fully saturated rings. The highest BCUT2D eigenvalue weighted by molar-refractivity contribution is 7.16. The van der Waals surface area contributed by atoms with Gasteiger partial charge in [-0.3, -0.25) is 4.79 Å². The lowest BCUT2D eigenvalue weighted by Crippen LogP contribution is -2.13. The van der Waals surface area contributed by atoms with E-state index in [-0.39, 0.29) is 5.91 Å². The highest BCUT2D eigenvalue weighted by Crippen LogP contribution is 2.38. The number of thiophene rings is 1. The van der Waals surface area contributed by atoms with Crippen molar-refractivity contribution in [2.45, 2.75) is 32.1 Å². The predicted molar refractivity (Wildman–Crippen MR) is 139 cm³/mol. The van der Waals surface area contributed by atoms with Gasteiger partial charge in [-0.25, -0.2) is 4.98 Å². The van der Waals surface area contributed by atoms with Crippen LogP contribution in [0.1, 0.15) is 45.6 Å². The molecular formula is C28H25N3O3S. The highest BCUT2D eigenvalue weighted by atomic mass is 32.1. The van der Waals surface area contributed by atoms with Gasteiger partial charge in [-0.1, -0.05) is 24.6 Å². The zero-order valence-corrected chi connectivity index (χ0v) is 20.5. The second-order valence-electron chi connectivity index (χ2n) is 8.48. The number of ether oxygens (including phenoxy) is 2. The Bertz CT molecular complexity index is 1470. The first-order valence-corrected chi connectivity index (χ1v) is 12.4. The number of para-hydroxylation sites is 1. The average Bonchev–Trinajstić information content (AvgIpc) is 3.05. The second kappa shape index (κ2) is 9.77. The largest absolute Gasteiger partial charge is 0.493 e. The molecule has 1 amide bonds. The SMILES string of the molecule is COc1ccc(-c2cc(C(=O)Nc3sc4c(c3C#N)CCCCC4)c3ccccc3n2)cc1OC. The van der Waals surface area contributed by atoms with Crippen LogP contribution in [0.25, 0.3) is 22.2 Å². The van der Waals surface area contributed by atoms with Crippen molar-refractivity contribution in [1.29, 1.82) is 5.26 Å². The normalized spacial score (nSPS) is 12.9. The molecule has 0 radical (unpaired) electrons. The van der Waals surface area contributed by atoms with Crippen LogP contribution in [0, 0.1) is 11.3 Å². The lowest BCUT2D eigenvalue weighted by atomic mass is 10.0. The molecule has 5 rings (SSSR count). The summed E-state index contributed by atoms with van der Waals surface area (Å²) in [6.07, 6.45) is 5.24. The van der Waals surface area contributed by atoms with Crippen LogP contribution in [0.4, 0.5) is 5.00 Å². The Balaban J connectivity index is 1.57. The summed E-state index contributed by atoms with van der Waals surface area (Å²) in [5.74, 6) is 0.958. The molecule has 2 aromatic carbocycles. The maximum absolute atomic E-state index is 13.6. The summed E-state index contributed by atoms with van der Waals surface area (Å²) in [7, 11) is 3.18. The van der Waals surface area contributed by atoms with E-state index in [2.05, 4.69) is 11.4 Å². The zero-order valence-electron chi connectivity index (χ0n) is 19.7. The number of hydrogen-bond acceptors (Lipinski definition) is 6. The van der Waals surface area contributed by atoms with Crippen molar-refractivity contribution in [2.24, 2.45) is 0 Å². The third-order valence-corrected chi connectivity index (χ3v) is 7.61. The molecule has 1 N–H and O–H groups in total. The maximum atomic E-state index is 13.6. The number of anilines is 1. The molecule has 0 bridgehead atoms. The minimum atomic E-state index is -0.252. The summed E-state index contributed by atoms with van der Waals surface area (Å²) < 4.78 is 10.8. The van der Waals surface area contributed by atoms with Gasteiger partial charge in [0.15, 0.2) is 11.5 Å². The van der Waals surface area contributed by atoms with Gasteiger partial charge >= 0.3 is 0 Å². The van der Waals surface area contributed by atoms with Crippen molar-refractivity contribution in [3.8, 4) is 28.8 Å². The van der Waals surface area contributed by atoms with E-state index in [9.17, 15) is 10.1 Å². The van der Waals surface area contributed by atoms with Gasteiger partial charge in [0, 0.05) is 15.8 Å². The monoisotopic (exact) mass is 483 g/mol. The summed E-state index contributed by atoms with van der Waals surface area (Å²) >= 11 is 1.54. The van der Waals surface area contributed by atoms with Crippen molar-refractivity contribution in [3.05, 3.63) is 70.1 Å². The van der Waals surface area contributed by atoms with Crippen molar-refractivity contribution >= 4 is 33.1 Å². The van der Waals surface area contributed by atoms with Crippen LogP contribution in [-0.2, 0) is 12.8 Å². The van der Waals surface area contributed by atoms with Gasteiger partial charge in [-0.15, -0.1) is 11.3 Å². The number of pyridine rings is 1. The molecule has 1 aliphatic carbocycles. The number of amides is 1. The molecule has 35 heavy (non-hydrogen) atoms. The highest BCUT2D eigenvalue weighted by Gasteiger charge is 2.22. The van der Waals surface area contributed by atoms with Gasteiger partial charge in [0.1, 0.15) is 11.1 Å². The summed E-state index contributed by atoms with van der Waals surface area (Å²) in [6.45, 7) is 0. The summed E-state index contributed by atoms with van der Waals surface area (Å²) in [5, 5.41) is 14.3. The number of nitriles is 1. The Morgan fingerprint density at radius 3 is 2.63 bits per heavy atom. The Hall–Kier alpha value is -3.89. The molecule has 2 aromatic heterocycles. The third-order valence-electron chi connectivity index (χ3n) is 6.40. The second-order valence-corrected chi connectivity index (χ2v) is 9.58. The van der Waals surface area contributed by atoms with Crippen LogP contribution in [0.2, 0.25) is 0 Å². The molecule has 2 heterocycles. The van der Waals surface area contributed by atoms with Gasteiger partial charge < -0.3 is 14.8 Å². The molecule has 176 valence electrons. The molecule has 0 saturated carbocycles. The molecule has 7 heteroatoms. The van der Waals surface area contributed by atoms with Gasteiger partial charge in [0.25, 0.3) is 5.91 Å². The molecule has 4 aromatic rings. The van der Waals surface area contributed by atoms with Crippen LogP contribution in [0.3, 0.4) is 0 Å². The van der Waals surface area contributed by atoms with E-state index < -0.39 is 0 Å². The van der Waals surface area contributed by atoms with Crippen LogP contribution in [-0.4, -0.2) is 25.1 Å². The van der Waals surface area contributed by atoms with Gasteiger partial charge in [0.05, 0.1) is 36.6 Å². The first-order valence-electron chi connectivity index (χ1n) is 11.6. The molecule has 0 saturated heterocycles. The van der Waals surface area contributed by atoms with E-state index in [1.165, 1.54) is 22.6 Å². The number of carbonyl (C=O) groups is 1. The first kappa shape index (κ1) is 22.9. The summed E-state index contributed by atoms with van der Waals surface area (Å²) in [5.41, 5.74) is 4.40. The van der Waals surface area contributed by atoms with Crippen LogP contribution >= 0.6 is 11.3 Å². The molecule has 1 aliphatic rings. The summed E-state index contributed by atoms with van der Waals surface area (Å²) in [6, 6.07) is 17.3. The minimum Gasteiger partial charge on any atom is -0.493 e. The van der Waals surface area contributed by atoms with Gasteiger partial charge in [0.2, 0.25) is 0 Å². The molecule has 0 unspecified atom stereocenters. The predicted octanol–water partition coefficient (Wildman–Crippen LogP) is 6.37. The van der Waals surface area contributed by atoms with Gasteiger partial charge in [-0.2, -0.15) is 5.26 Å². The topological polar surface area (TPSA) is 84.2 Å². The fourth-order valence-corrected chi connectivity index (χ4v) is 5.86. The number of hydrogen-bond donors (Lipinski definition) is 1. The Morgan fingerprint density at radius 1 is 1.03 bits per heavy atom. The van der Waals surface area contributed by atoms with E-state index in [1.54, 1.807) is 20.3 Å². The van der Waals surface area contributed by atoms with Crippen molar-refractivity contribution in [1.82, 2.24) is 4.98 Å². The molecule has 0 spiro atoms. The first-order chi connectivity index (χ1) is 17.1. The molecule has 6 nitrogen and oxygen atoms in total. The number of aromatic nitrogens is 1. The fourth-order valence-electron chi connectivity index (χ4n) is 4.63. The number of methoxy groups -OCH3 is 2. The van der Waals surface area contributed by atoms with Crippen LogP contribution in [0.5, 0.6) is 11.5 Å². The fraction of sp³-hybridized carbons (Fsp3) is 0.250. The van der Waals surface area contributed by atoms with Crippen molar-refractivity contribution < 1.29 is 14.3 Å². The van der Waals surface area contributed by atoms with E-state index in [0.29, 0.717) is 38.8 Å². The van der Waals surface area contributed by atoms with Gasteiger partial charge in [-0.05, 0) is 61.6 Å². The minimum absolute atomic E-state index is 0.252.